The van der Waals surface area contributed by atoms with E-state index in [-0.39, 0.29) is 0 Å². The maximum Gasteiger partial charge on any atom is 0.500 e. The Morgan fingerprint density at radius 1 is 1.09 bits per heavy atom. The average molecular weight is 374 g/mol. The second-order valence-corrected chi connectivity index (χ2v) is 8.74. The zero-order chi connectivity index (χ0) is 17.8. The van der Waals surface area contributed by atoms with Crippen molar-refractivity contribution in [2.75, 3.05) is 38.7 Å². The van der Waals surface area contributed by atoms with Crippen molar-refractivity contribution in [3.05, 3.63) is 0 Å². The highest BCUT2D eigenvalue weighted by molar-refractivity contribution is 7.85. The lowest BCUT2D eigenvalue weighted by Gasteiger charge is -2.28. The van der Waals surface area contributed by atoms with Crippen molar-refractivity contribution in [1.82, 2.24) is 5.32 Å². The molecule has 0 aliphatic heterocycles. The Balaban J connectivity index is 4.11. The molecule has 138 valence electrons. The largest absolute Gasteiger partial charge is 0.500 e. The zero-order valence-electron chi connectivity index (χ0n) is 13.9. The number of hydrogen-bond donors (Lipinski definition) is 2. The summed E-state index contributed by atoms with van der Waals surface area (Å²) in [4.78, 5) is 11.3. The fourth-order valence-electron chi connectivity index (χ4n) is 1.79. The van der Waals surface area contributed by atoms with Crippen molar-refractivity contribution < 1.29 is 35.8 Å². The molecule has 0 heterocycles. The van der Waals surface area contributed by atoms with Crippen molar-refractivity contribution >= 4 is 25.0 Å². The molecule has 11 heteroatoms. The van der Waals surface area contributed by atoms with E-state index in [1.165, 1.54) is 0 Å². The summed E-state index contributed by atoms with van der Waals surface area (Å²) in [6, 6.07) is 0.549. The number of amides is 1. The van der Waals surface area contributed by atoms with E-state index in [2.05, 4.69) is 10.1 Å². The zero-order valence-corrected chi connectivity index (χ0v) is 15.7. The van der Waals surface area contributed by atoms with E-state index in [4.69, 9.17) is 17.8 Å². The van der Waals surface area contributed by atoms with E-state index in [1.54, 1.807) is 0 Å². The van der Waals surface area contributed by atoms with Crippen LogP contribution < -0.4 is 5.32 Å². The van der Waals surface area contributed by atoms with Gasteiger partial charge in [0.1, 0.15) is 12.4 Å². The highest BCUT2D eigenvalue weighted by Crippen LogP contribution is 2.17. The monoisotopic (exact) mass is 373 g/mol. The van der Waals surface area contributed by atoms with Crippen LogP contribution in [0.3, 0.4) is 0 Å². The van der Waals surface area contributed by atoms with Gasteiger partial charge in [-0.05, 0) is 27.2 Å². The van der Waals surface area contributed by atoms with Crippen molar-refractivity contribution in [3.8, 4) is 0 Å². The van der Waals surface area contributed by atoms with Crippen molar-refractivity contribution in [2.24, 2.45) is 0 Å². The minimum atomic E-state index is -4.13. The van der Waals surface area contributed by atoms with Gasteiger partial charge in [-0.3, -0.25) is 4.55 Å². The Bertz CT molecular complexity index is 414. The maximum absolute atomic E-state index is 11.3. The number of hydrogen-bond acceptors (Lipinski definition) is 7. The first-order valence-electron chi connectivity index (χ1n) is 7.56. The first-order chi connectivity index (χ1) is 10.8. The van der Waals surface area contributed by atoms with Crippen LogP contribution in [0.2, 0.25) is 6.04 Å². The van der Waals surface area contributed by atoms with Gasteiger partial charge in [-0.2, -0.15) is 8.42 Å². The number of carbonyl (C=O) groups excluding carboxylic acids is 1. The van der Waals surface area contributed by atoms with E-state index < -0.39 is 37.4 Å². The molecule has 0 unspecified atom stereocenters. The average Bonchev–Trinajstić information content (AvgIpc) is 2.43. The number of rotatable bonds is 13. The summed E-state index contributed by atoms with van der Waals surface area (Å²) in [6.07, 6.45) is -0.176. The predicted molar refractivity (Wildman–Crippen MR) is 85.8 cm³/mol. The molecule has 0 radical (unpaired) electrons. The first kappa shape index (κ1) is 22.3. The van der Waals surface area contributed by atoms with E-state index in [9.17, 15) is 13.2 Å². The van der Waals surface area contributed by atoms with Gasteiger partial charge in [-0.25, -0.2) is 4.79 Å². The van der Waals surface area contributed by atoms with Crippen LogP contribution >= 0.6 is 0 Å². The second kappa shape index (κ2) is 11.8. The predicted octanol–water partition coefficient (Wildman–Crippen LogP) is 1.04. The Kier molecular flexibility index (Phi) is 11.4. The van der Waals surface area contributed by atoms with Gasteiger partial charge in [-0.1, -0.05) is 0 Å². The van der Waals surface area contributed by atoms with Crippen LogP contribution in [0.5, 0.6) is 0 Å². The number of ether oxygens (including phenoxy) is 1. The number of alkyl carbamates (subject to hydrolysis) is 1. The van der Waals surface area contributed by atoms with E-state index in [0.717, 1.165) is 0 Å². The Hall–Kier alpha value is -0.723. The second-order valence-electron chi connectivity index (χ2n) is 4.43. The summed E-state index contributed by atoms with van der Waals surface area (Å²) < 4.78 is 51.1. The fraction of sp³-hybridized carbons (Fsp3) is 0.917. The van der Waals surface area contributed by atoms with Crippen LogP contribution in [0.15, 0.2) is 0 Å². The molecule has 9 nitrogen and oxygen atoms in total. The molecular formula is C12H27NO8SSi. The minimum absolute atomic E-state index is 0.312. The molecule has 0 saturated heterocycles. The molecule has 0 rings (SSSR count). The molecule has 1 amide bonds. The number of nitrogens with one attached hydrogen (secondary N) is 1. The van der Waals surface area contributed by atoms with E-state index in [1.807, 2.05) is 20.8 Å². The molecule has 0 spiro atoms. The highest BCUT2D eigenvalue weighted by Gasteiger charge is 2.39. The van der Waals surface area contributed by atoms with Crippen LogP contribution in [-0.4, -0.2) is 66.6 Å². The Labute approximate surface area is 138 Å². The standard InChI is InChI=1S/C12H27NO8SSi/c1-4-19-23(20-5-2,21-6-3)11-7-8-13-12(14)18-9-10-22(15,16)17/h4-11H2,1-3H3,(H,13,14)(H,15,16,17). The van der Waals surface area contributed by atoms with Gasteiger partial charge in [0.25, 0.3) is 10.1 Å². The molecule has 0 aliphatic carbocycles. The molecule has 0 aromatic heterocycles. The summed E-state index contributed by atoms with van der Waals surface area (Å²) in [5.74, 6) is -0.629. The Morgan fingerprint density at radius 3 is 2.04 bits per heavy atom. The summed E-state index contributed by atoms with van der Waals surface area (Å²) in [6.45, 7) is 6.96. The molecule has 0 fully saturated rings. The molecule has 0 bridgehead atoms. The van der Waals surface area contributed by atoms with Crippen LogP contribution in [-0.2, 0) is 28.1 Å². The van der Waals surface area contributed by atoms with Gasteiger partial charge >= 0.3 is 14.9 Å². The molecule has 0 atom stereocenters. The molecule has 2 N–H and O–H groups in total. The molecule has 23 heavy (non-hydrogen) atoms. The minimum Gasteiger partial charge on any atom is -0.448 e. The summed E-state index contributed by atoms with van der Waals surface area (Å²) >= 11 is 0. The van der Waals surface area contributed by atoms with Crippen LogP contribution in [0.25, 0.3) is 0 Å². The third-order valence-electron chi connectivity index (χ3n) is 2.60. The Morgan fingerprint density at radius 2 is 1.61 bits per heavy atom. The SMILES string of the molecule is CCO[Si](CCCNC(=O)OCCS(=O)(=O)O)(OCC)OCC. The molecule has 0 saturated carbocycles. The third-order valence-corrected chi connectivity index (χ3v) is 6.43. The molecule has 0 aliphatic rings. The summed E-state index contributed by atoms with van der Waals surface area (Å²) in [7, 11) is -6.85. The highest BCUT2D eigenvalue weighted by atomic mass is 32.2. The summed E-state index contributed by atoms with van der Waals surface area (Å²) in [5, 5.41) is 2.49. The van der Waals surface area contributed by atoms with Crippen LogP contribution in [0.1, 0.15) is 27.2 Å². The van der Waals surface area contributed by atoms with Crippen LogP contribution in [0, 0.1) is 0 Å². The molecular weight excluding hydrogens is 346 g/mol. The van der Waals surface area contributed by atoms with Gasteiger partial charge in [-0.15, -0.1) is 0 Å². The third kappa shape index (κ3) is 11.5. The lowest BCUT2D eigenvalue weighted by molar-refractivity contribution is 0.0706. The van der Waals surface area contributed by atoms with E-state index >= 15 is 0 Å². The number of carbonyl (C=O) groups is 1. The molecule has 0 aromatic rings. The first-order valence-corrected chi connectivity index (χ1v) is 11.1. The van der Waals surface area contributed by atoms with Gasteiger partial charge in [0.2, 0.25) is 0 Å². The topological polar surface area (TPSA) is 120 Å². The van der Waals surface area contributed by atoms with Crippen molar-refractivity contribution in [2.45, 2.75) is 33.2 Å². The van der Waals surface area contributed by atoms with Gasteiger partial charge in [0, 0.05) is 32.4 Å². The fourth-order valence-corrected chi connectivity index (χ4v) is 4.69. The lowest BCUT2D eigenvalue weighted by atomic mass is 10.5. The van der Waals surface area contributed by atoms with E-state index in [0.29, 0.717) is 38.8 Å². The van der Waals surface area contributed by atoms with Gasteiger partial charge < -0.3 is 23.3 Å². The van der Waals surface area contributed by atoms with Crippen molar-refractivity contribution in [3.63, 3.8) is 0 Å². The maximum atomic E-state index is 11.3. The van der Waals surface area contributed by atoms with Gasteiger partial charge in [0.05, 0.1) is 0 Å². The summed E-state index contributed by atoms with van der Waals surface area (Å²) in [5.41, 5.74) is 0. The quantitative estimate of drug-likeness (QED) is 0.279. The smallest absolute Gasteiger partial charge is 0.448 e. The lowest BCUT2D eigenvalue weighted by Crippen LogP contribution is -2.46. The normalized spacial score (nSPS) is 12.2. The van der Waals surface area contributed by atoms with Crippen molar-refractivity contribution in [1.29, 1.82) is 0 Å². The molecule has 0 aromatic carbocycles. The van der Waals surface area contributed by atoms with Crippen LogP contribution in [0.4, 0.5) is 4.79 Å². The van der Waals surface area contributed by atoms with Gasteiger partial charge in [0.15, 0.2) is 0 Å².